The van der Waals surface area contributed by atoms with E-state index in [1.165, 1.54) is 6.42 Å². The lowest BCUT2D eigenvalue weighted by molar-refractivity contribution is -0.0660. The van der Waals surface area contributed by atoms with Crippen molar-refractivity contribution >= 4 is 22.8 Å². The first-order chi connectivity index (χ1) is 11.2. The molecule has 2 aromatic rings. The zero-order valence-electron chi connectivity index (χ0n) is 14.2. The maximum Gasteiger partial charge on any atom is 0.138 e. The summed E-state index contributed by atoms with van der Waals surface area (Å²) >= 11 is 1.75. The molecule has 1 fully saturated rings. The Balaban J connectivity index is 2.14. The second kappa shape index (κ2) is 6.81. The van der Waals surface area contributed by atoms with Gasteiger partial charge in [0.05, 0.1) is 11.1 Å². The predicted molar refractivity (Wildman–Crippen MR) is 96.6 cm³/mol. The largest absolute Gasteiger partial charge is 0.386 e. The van der Waals surface area contributed by atoms with Crippen LogP contribution in [0.15, 0.2) is 24.3 Å². The Morgan fingerprint density at radius 2 is 2.00 bits per heavy atom. The van der Waals surface area contributed by atoms with Crippen molar-refractivity contribution in [3.8, 4) is 0 Å². The van der Waals surface area contributed by atoms with Crippen molar-refractivity contribution in [2.24, 2.45) is 0 Å². The van der Waals surface area contributed by atoms with E-state index in [0.29, 0.717) is 0 Å². The van der Waals surface area contributed by atoms with Gasteiger partial charge >= 0.3 is 0 Å². The number of hydrogen-bond acceptors (Lipinski definition) is 4. The van der Waals surface area contributed by atoms with Crippen molar-refractivity contribution in [2.75, 3.05) is 6.26 Å². The summed E-state index contributed by atoms with van der Waals surface area (Å²) in [4.78, 5) is -0.431. The second-order valence-electron chi connectivity index (χ2n) is 6.67. The lowest BCUT2D eigenvalue weighted by Gasteiger charge is -2.48. The number of fused-ring (bicyclic) bond motifs is 1. The fourth-order valence-corrected chi connectivity index (χ4v) is 5.23. The minimum absolute atomic E-state index is 0.431. The molecule has 1 saturated carbocycles. The van der Waals surface area contributed by atoms with Gasteiger partial charge in [-0.2, -0.15) is 0 Å². The molecule has 1 aliphatic rings. The Morgan fingerprint density at radius 3 is 2.70 bits per heavy atom. The first-order valence-corrected chi connectivity index (χ1v) is 9.98. The van der Waals surface area contributed by atoms with Crippen LogP contribution in [0.2, 0.25) is 0 Å². The van der Waals surface area contributed by atoms with Gasteiger partial charge in [-0.1, -0.05) is 56.4 Å². The van der Waals surface area contributed by atoms with Gasteiger partial charge in [-0.15, -0.1) is 16.9 Å². The highest BCUT2D eigenvalue weighted by atomic mass is 32.2. The molecule has 3 rings (SSSR count). The highest BCUT2D eigenvalue weighted by Crippen LogP contribution is 2.51. The van der Waals surface area contributed by atoms with Crippen LogP contribution in [0.4, 0.5) is 0 Å². The van der Waals surface area contributed by atoms with Crippen molar-refractivity contribution in [2.45, 2.75) is 68.8 Å². The monoisotopic (exact) mass is 333 g/mol. The molecule has 1 atom stereocenters. The molecule has 126 valence electrons. The van der Waals surface area contributed by atoms with Gasteiger partial charge in [0.1, 0.15) is 10.4 Å². The van der Waals surface area contributed by atoms with E-state index in [2.05, 4.69) is 29.6 Å². The molecule has 1 unspecified atom stereocenters. The van der Waals surface area contributed by atoms with Crippen molar-refractivity contribution in [3.05, 3.63) is 24.3 Å². The van der Waals surface area contributed by atoms with Gasteiger partial charge in [0, 0.05) is 0 Å². The average molecular weight is 334 g/mol. The molecule has 1 heterocycles. The third-order valence-electron chi connectivity index (χ3n) is 5.31. The van der Waals surface area contributed by atoms with Crippen LogP contribution in [0.25, 0.3) is 11.0 Å². The van der Waals surface area contributed by atoms with E-state index in [0.717, 1.165) is 56.0 Å². The van der Waals surface area contributed by atoms with E-state index in [1.807, 2.05) is 22.9 Å². The third kappa shape index (κ3) is 2.78. The summed E-state index contributed by atoms with van der Waals surface area (Å²) in [7, 11) is 0. The summed E-state index contributed by atoms with van der Waals surface area (Å²) in [5.74, 6) is 0. The van der Waals surface area contributed by atoms with Crippen LogP contribution < -0.4 is 0 Å². The molecule has 0 spiro atoms. The van der Waals surface area contributed by atoms with E-state index < -0.39 is 10.5 Å². The van der Waals surface area contributed by atoms with Gasteiger partial charge in [-0.25, -0.2) is 4.68 Å². The van der Waals surface area contributed by atoms with E-state index in [-0.39, 0.29) is 0 Å². The van der Waals surface area contributed by atoms with Crippen LogP contribution >= 0.6 is 11.8 Å². The average Bonchev–Trinajstić information content (AvgIpc) is 3.01. The summed E-state index contributed by atoms with van der Waals surface area (Å²) < 4.78 is 2.02. The summed E-state index contributed by atoms with van der Waals surface area (Å²) in [5, 5.41) is 20.5. The molecule has 0 bridgehead atoms. The number of aliphatic hydroxyl groups is 1. The Hall–Kier alpha value is -1.07. The number of para-hydroxylation sites is 1. The zero-order chi connectivity index (χ0) is 16.3. The fourth-order valence-electron chi connectivity index (χ4n) is 3.99. The van der Waals surface area contributed by atoms with Crippen molar-refractivity contribution in [1.82, 2.24) is 15.0 Å². The van der Waals surface area contributed by atoms with Gasteiger partial charge in [0.25, 0.3) is 0 Å². The maximum absolute atomic E-state index is 11.6. The van der Waals surface area contributed by atoms with Crippen LogP contribution in [0.1, 0.15) is 58.3 Å². The number of rotatable bonds is 6. The summed E-state index contributed by atoms with van der Waals surface area (Å²) in [6, 6.07) is 8.08. The van der Waals surface area contributed by atoms with E-state index in [1.54, 1.807) is 11.8 Å². The van der Waals surface area contributed by atoms with Gasteiger partial charge in [-0.3, -0.25) is 0 Å². The standard InChI is InChI=1S/C18H27N3OS/c1-3-4-14-18(23-2,17(22)12-8-5-9-13-17)21-16-11-7-6-10-15(16)19-20-21/h6-7,10-11,22H,3-5,8-9,12-14H2,1-2H3. The minimum Gasteiger partial charge on any atom is -0.386 e. The number of nitrogens with zero attached hydrogens (tertiary/aromatic N) is 3. The molecular weight excluding hydrogens is 306 g/mol. The van der Waals surface area contributed by atoms with Crippen LogP contribution in [0, 0.1) is 0 Å². The van der Waals surface area contributed by atoms with Crippen molar-refractivity contribution in [1.29, 1.82) is 0 Å². The normalized spacial score (nSPS) is 20.5. The van der Waals surface area contributed by atoms with Gasteiger partial charge in [-0.05, 0) is 37.7 Å². The summed E-state index contributed by atoms with van der Waals surface area (Å²) in [6.07, 6.45) is 10.3. The van der Waals surface area contributed by atoms with E-state index >= 15 is 0 Å². The lowest BCUT2D eigenvalue weighted by atomic mass is 9.77. The number of hydrogen-bond donors (Lipinski definition) is 1. The molecule has 23 heavy (non-hydrogen) atoms. The molecule has 5 heteroatoms. The molecule has 0 amide bonds. The fraction of sp³-hybridized carbons (Fsp3) is 0.667. The number of thioether (sulfide) groups is 1. The predicted octanol–water partition coefficient (Wildman–Crippen LogP) is 4.33. The van der Waals surface area contributed by atoms with E-state index in [9.17, 15) is 5.11 Å². The molecule has 1 N–H and O–H groups in total. The highest BCUT2D eigenvalue weighted by molar-refractivity contribution is 7.99. The first-order valence-electron chi connectivity index (χ1n) is 8.75. The smallest absolute Gasteiger partial charge is 0.138 e. The molecular formula is C18H27N3OS. The maximum atomic E-state index is 11.6. The van der Waals surface area contributed by atoms with Gasteiger partial charge in [0.15, 0.2) is 0 Å². The third-order valence-corrected chi connectivity index (χ3v) is 6.74. The molecule has 4 nitrogen and oxygen atoms in total. The Bertz CT molecular complexity index is 651. The summed E-state index contributed by atoms with van der Waals surface area (Å²) in [5.41, 5.74) is 1.22. The summed E-state index contributed by atoms with van der Waals surface area (Å²) in [6.45, 7) is 2.20. The molecule has 0 saturated heterocycles. The lowest BCUT2D eigenvalue weighted by Crippen LogP contribution is -2.54. The van der Waals surface area contributed by atoms with Gasteiger partial charge < -0.3 is 5.11 Å². The van der Waals surface area contributed by atoms with Crippen LogP contribution in [-0.2, 0) is 4.87 Å². The molecule has 1 aromatic heterocycles. The Labute approximate surface area is 142 Å². The number of aromatic nitrogens is 3. The molecule has 0 aliphatic heterocycles. The quantitative estimate of drug-likeness (QED) is 0.855. The van der Waals surface area contributed by atoms with Crippen molar-refractivity contribution in [3.63, 3.8) is 0 Å². The van der Waals surface area contributed by atoms with Gasteiger partial charge in [0.2, 0.25) is 0 Å². The Morgan fingerprint density at radius 1 is 1.26 bits per heavy atom. The van der Waals surface area contributed by atoms with Crippen LogP contribution in [-0.4, -0.2) is 32.0 Å². The highest BCUT2D eigenvalue weighted by Gasteiger charge is 2.52. The minimum atomic E-state index is -0.712. The molecule has 1 aliphatic carbocycles. The SMILES string of the molecule is CCCCC(SC)(n1nnc2ccccc21)C1(O)CCCCC1. The van der Waals surface area contributed by atoms with Crippen LogP contribution in [0.3, 0.4) is 0 Å². The van der Waals surface area contributed by atoms with Crippen LogP contribution in [0.5, 0.6) is 0 Å². The molecule has 1 aromatic carbocycles. The number of benzene rings is 1. The zero-order valence-corrected chi connectivity index (χ0v) is 15.0. The second-order valence-corrected chi connectivity index (χ2v) is 7.76. The topological polar surface area (TPSA) is 50.9 Å². The molecule has 0 radical (unpaired) electrons. The Kier molecular flexibility index (Phi) is 4.97. The van der Waals surface area contributed by atoms with E-state index in [4.69, 9.17) is 0 Å². The van der Waals surface area contributed by atoms with Crippen molar-refractivity contribution < 1.29 is 5.11 Å². The number of unbranched alkanes of at least 4 members (excludes halogenated alkanes) is 1. The first kappa shape index (κ1) is 16.8.